The molecule has 142 valence electrons. The fraction of sp³-hybridized carbons (Fsp3) is 0.143. The zero-order chi connectivity index (χ0) is 20.1. The summed E-state index contributed by atoms with van der Waals surface area (Å²) in [6.45, 7) is 5.17. The zero-order valence-corrected chi connectivity index (χ0v) is 15.8. The highest BCUT2D eigenvalue weighted by Crippen LogP contribution is 2.21. The van der Waals surface area contributed by atoms with Gasteiger partial charge in [-0.1, -0.05) is 6.07 Å². The van der Waals surface area contributed by atoms with E-state index in [2.05, 4.69) is 20.6 Å². The molecule has 0 saturated carbocycles. The van der Waals surface area contributed by atoms with Crippen LogP contribution in [0.3, 0.4) is 0 Å². The van der Waals surface area contributed by atoms with Gasteiger partial charge in [-0.15, -0.1) is 0 Å². The van der Waals surface area contributed by atoms with Crippen LogP contribution in [0.5, 0.6) is 11.8 Å². The molecule has 0 fully saturated rings. The van der Waals surface area contributed by atoms with Crippen LogP contribution in [0.2, 0.25) is 0 Å². The number of nitrogens with one attached hydrogen (secondary N) is 2. The first-order chi connectivity index (χ1) is 13.4. The van der Waals surface area contributed by atoms with Gasteiger partial charge in [0.2, 0.25) is 5.91 Å². The Kier molecular flexibility index (Phi) is 5.64. The Bertz CT molecular complexity index is 996. The number of hydrogen-bond donors (Lipinski definition) is 2. The van der Waals surface area contributed by atoms with Crippen molar-refractivity contribution >= 4 is 23.2 Å². The molecule has 2 N–H and O–H groups in total. The summed E-state index contributed by atoms with van der Waals surface area (Å²) < 4.78 is 5.66. The van der Waals surface area contributed by atoms with Gasteiger partial charge in [-0.2, -0.15) is 0 Å². The molecule has 28 heavy (non-hydrogen) atoms. The molecular formula is C21H20N4O3. The molecule has 0 bridgehead atoms. The number of carbonyl (C=O) groups excluding carboxylic acids is 2. The van der Waals surface area contributed by atoms with Crippen molar-refractivity contribution in [3.63, 3.8) is 0 Å². The lowest BCUT2D eigenvalue weighted by atomic mass is 10.2. The van der Waals surface area contributed by atoms with Crippen LogP contribution in [0.1, 0.15) is 28.7 Å². The van der Waals surface area contributed by atoms with E-state index in [1.165, 1.54) is 6.92 Å². The fourth-order valence-corrected chi connectivity index (χ4v) is 2.60. The Balaban J connectivity index is 1.67. The highest BCUT2D eigenvalue weighted by molar-refractivity contribution is 6.05. The zero-order valence-electron chi connectivity index (χ0n) is 15.8. The van der Waals surface area contributed by atoms with Gasteiger partial charge in [0.15, 0.2) is 0 Å². The first-order valence-corrected chi connectivity index (χ1v) is 8.68. The quantitative estimate of drug-likeness (QED) is 0.699. The molecule has 7 nitrogen and oxygen atoms in total. The SMILES string of the molecule is CC(=O)Nc1cccc(C(=O)Nc2ccc(Oc3nc(C)cc(C)n3)cc2)c1. The van der Waals surface area contributed by atoms with Gasteiger partial charge in [0, 0.05) is 35.2 Å². The molecule has 1 aromatic heterocycles. The molecule has 0 saturated heterocycles. The molecule has 0 aliphatic rings. The molecule has 7 heteroatoms. The van der Waals surface area contributed by atoms with Crippen molar-refractivity contribution < 1.29 is 14.3 Å². The van der Waals surface area contributed by atoms with Crippen molar-refractivity contribution in [2.75, 3.05) is 10.6 Å². The Labute approximate surface area is 162 Å². The summed E-state index contributed by atoms with van der Waals surface area (Å²) in [5.74, 6) is 0.0927. The lowest BCUT2D eigenvalue weighted by Gasteiger charge is -2.09. The van der Waals surface area contributed by atoms with Crippen LogP contribution >= 0.6 is 0 Å². The third-order valence-corrected chi connectivity index (χ3v) is 3.73. The molecule has 0 atom stereocenters. The van der Waals surface area contributed by atoms with E-state index in [1.54, 1.807) is 48.5 Å². The van der Waals surface area contributed by atoms with Crippen molar-refractivity contribution in [3.8, 4) is 11.8 Å². The van der Waals surface area contributed by atoms with Crippen LogP contribution in [0.4, 0.5) is 11.4 Å². The molecule has 0 aliphatic carbocycles. The summed E-state index contributed by atoms with van der Waals surface area (Å²) >= 11 is 0. The van der Waals surface area contributed by atoms with E-state index in [0.29, 0.717) is 22.7 Å². The molecular weight excluding hydrogens is 356 g/mol. The third kappa shape index (κ3) is 5.14. The lowest BCUT2D eigenvalue weighted by molar-refractivity contribution is -0.114. The number of rotatable bonds is 5. The predicted molar refractivity (Wildman–Crippen MR) is 107 cm³/mol. The second-order valence-electron chi connectivity index (χ2n) is 6.28. The largest absolute Gasteiger partial charge is 0.424 e. The van der Waals surface area contributed by atoms with Crippen molar-refractivity contribution in [1.29, 1.82) is 0 Å². The summed E-state index contributed by atoms with van der Waals surface area (Å²) in [7, 11) is 0. The molecule has 2 aromatic carbocycles. The summed E-state index contributed by atoms with van der Waals surface area (Å²) in [6, 6.07) is 15.8. The van der Waals surface area contributed by atoms with Crippen LogP contribution < -0.4 is 15.4 Å². The van der Waals surface area contributed by atoms with Gasteiger partial charge in [-0.25, -0.2) is 9.97 Å². The molecule has 2 amide bonds. The second-order valence-corrected chi connectivity index (χ2v) is 6.28. The van der Waals surface area contributed by atoms with Crippen LogP contribution in [0, 0.1) is 13.8 Å². The number of carbonyl (C=O) groups is 2. The topological polar surface area (TPSA) is 93.2 Å². The standard InChI is InChI=1S/C21H20N4O3/c1-13-11-14(2)23-21(22-13)28-19-9-7-17(8-10-19)25-20(27)16-5-4-6-18(12-16)24-15(3)26/h4-12H,1-3H3,(H,24,26)(H,25,27). The maximum Gasteiger partial charge on any atom is 0.322 e. The molecule has 1 heterocycles. The maximum absolute atomic E-state index is 12.4. The van der Waals surface area contributed by atoms with Crippen molar-refractivity contribution in [1.82, 2.24) is 9.97 Å². The maximum atomic E-state index is 12.4. The van der Waals surface area contributed by atoms with Gasteiger partial charge in [-0.05, 0) is 62.4 Å². The van der Waals surface area contributed by atoms with Gasteiger partial charge in [0.1, 0.15) is 5.75 Å². The van der Waals surface area contributed by atoms with E-state index in [1.807, 2.05) is 19.9 Å². The van der Waals surface area contributed by atoms with Crippen molar-refractivity contribution in [2.45, 2.75) is 20.8 Å². The first kappa shape index (κ1) is 19.0. The highest BCUT2D eigenvalue weighted by atomic mass is 16.5. The minimum absolute atomic E-state index is 0.194. The van der Waals surface area contributed by atoms with Gasteiger partial charge >= 0.3 is 6.01 Å². The van der Waals surface area contributed by atoms with E-state index < -0.39 is 0 Å². The molecule has 0 unspecified atom stereocenters. The molecule has 3 rings (SSSR count). The monoisotopic (exact) mass is 376 g/mol. The van der Waals surface area contributed by atoms with Crippen LogP contribution in [-0.2, 0) is 4.79 Å². The van der Waals surface area contributed by atoms with Gasteiger partial charge in [-0.3, -0.25) is 9.59 Å². The molecule has 3 aromatic rings. The minimum Gasteiger partial charge on any atom is -0.424 e. The Hall–Kier alpha value is -3.74. The third-order valence-electron chi connectivity index (χ3n) is 3.73. The van der Waals surface area contributed by atoms with Crippen molar-refractivity contribution in [3.05, 3.63) is 71.5 Å². The fourth-order valence-electron chi connectivity index (χ4n) is 2.60. The summed E-state index contributed by atoms with van der Waals surface area (Å²) in [6.07, 6.45) is 0. The molecule has 0 spiro atoms. The second kappa shape index (κ2) is 8.30. The van der Waals surface area contributed by atoms with E-state index in [-0.39, 0.29) is 17.8 Å². The smallest absolute Gasteiger partial charge is 0.322 e. The first-order valence-electron chi connectivity index (χ1n) is 8.68. The average molecular weight is 376 g/mol. The van der Waals surface area contributed by atoms with Gasteiger partial charge in [0.25, 0.3) is 5.91 Å². The molecule has 0 aliphatic heterocycles. The van der Waals surface area contributed by atoms with Crippen LogP contribution in [0.15, 0.2) is 54.6 Å². The van der Waals surface area contributed by atoms with Gasteiger partial charge < -0.3 is 15.4 Å². The number of ether oxygens (including phenoxy) is 1. The van der Waals surface area contributed by atoms with E-state index in [0.717, 1.165) is 11.4 Å². The van der Waals surface area contributed by atoms with Crippen LogP contribution in [0.25, 0.3) is 0 Å². The average Bonchev–Trinajstić information content (AvgIpc) is 2.62. The summed E-state index contributed by atoms with van der Waals surface area (Å²) in [4.78, 5) is 32.1. The number of aromatic nitrogens is 2. The number of aryl methyl sites for hydroxylation is 2. The minimum atomic E-state index is -0.279. The number of amides is 2. The number of anilines is 2. The van der Waals surface area contributed by atoms with Gasteiger partial charge in [0.05, 0.1) is 0 Å². The predicted octanol–water partition coefficient (Wildman–Crippen LogP) is 4.10. The Morgan fingerprint density at radius 1 is 0.857 bits per heavy atom. The lowest BCUT2D eigenvalue weighted by Crippen LogP contribution is -2.13. The Morgan fingerprint density at radius 2 is 1.54 bits per heavy atom. The number of benzene rings is 2. The normalized spacial score (nSPS) is 10.2. The molecule has 0 radical (unpaired) electrons. The number of hydrogen-bond acceptors (Lipinski definition) is 5. The summed E-state index contributed by atoms with van der Waals surface area (Å²) in [5, 5.41) is 5.46. The Morgan fingerprint density at radius 3 is 2.18 bits per heavy atom. The summed E-state index contributed by atoms with van der Waals surface area (Å²) in [5.41, 5.74) is 3.27. The van der Waals surface area contributed by atoms with Crippen molar-refractivity contribution in [2.24, 2.45) is 0 Å². The van der Waals surface area contributed by atoms with E-state index in [9.17, 15) is 9.59 Å². The van der Waals surface area contributed by atoms with Crippen LogP contribution in [-0.4, -0.2) is 21.8 Å². The highest BCUT2D eigenvalue weighted by Gasteiger charge is 2.08. The van der Waals surface area contributed by atoms with E-state index >= 15 is 0 Å². The number of nitrogens with zero attached hydrogens (tertiary/aromatic N) is 2. The van der Waals surface area contributed by atoms with E-state index in [4.69, 9.17) is 4.74 Å².